The van der Waals surface area contributed by atoms with Crippen molar-refractivity contribution in [2.45, 2.75) is 25.3 Å². The van der Waals surface area contributed by atoms with Gasteiger partial charge < -0.3 is 10.4 Å². The summed E-state index contributed by atoms with van der Waals surface area (Å²) in [6, 6.07) is -0.658. The fourth-order valence-electron chi connectivity index (χ4n) is 2.35. The first-order chi connectivity index (χ1) is 7.18. The standard InChI is InChI=1S/C10H15NO3S/c12-9-7(4-8(11-9)10(13)14)6-2-1-3-15-5-6/h6-8H,1-5H2,(H,11,12)(H,13,14). The maximum absolute atomic E-state index is 11.6. The molecule has 0 aromatic rings. The molecule has 2 fully saturated rings. The molecule has 0 aromatic carbocycles. The Bertz CT molecular complexity index is 276. The van der Waals surface area contributed by atoms with Crippen LogP contribution in [0.2, 0.25) is 0 Å². The van der Waals surface area contributed by atoms with Gasteiger partial charge in [0.2, 0.25) is 5.91 Å². The molecule has 3 unspecified atom stereocenters. The van der Waals surface area contributed by atoms with Gasteiger partial charge in [-0.3, -0.25) is 4.79 Å². The predicted octanol–water partition coefficient (Wildman–Crippen LogP) is 0.719. The molecule has 4 nitrogen and oxygen atoms in total. The lowest BCUT2D eigenvalue weighted by Crippen LogP contribution is -2.33. The summed E-state index contributed by atoms with van der Waals surface area (Å²) < 4.78 is 0. The second-order valence-corrected chi connectivity index (χ2v) is 5.37. The summed E-state index contributed by atoms with van der Waals surface area (Å²) in [5.74, 6) is 1.52. The second kappa shape index (κ2) is 4.43. The van der Waals surface area contributed by atoms with E-state index in [2.05, 4.69) is 5.32 Å². The molecule has 0 spiro atoms. The minimum Gasteiger partial charge on any atom is -0.480 e. The van der Waals surface area contributed by atoms with Crippen molar-refractivity contribution in [1.29, 1.82) is 0 Å². The molecular formula is C10H15NO3S. The highest BCUT2D eigenvalue weighted by atomic mass is 32.2. The third-order valence-electron chi connectivity index (χ3n) is 3.21. The van der Waals surface area contributed by atoms with E-state index in [1.165, 1.54) is 5.75 Å². The molecule has 2 N–H and O–H groups in total. The van der Waals surface area contributed by atoms with Gasteiger partial charge in [0.1, 0.15) is 6.04 Å². The lowest BCUT2D eigenvalue weighted by Gasteiger charge is -2.24. The minimum atomic E-state index is -0.908. The van der Waals surface area contributed by atoms with Crippen LogP contribution in [0.1, 0.15) is 19.3 Å². The number of nitrogens with one attached hydrogen (secondary N) is 1. The zero-order chi connectivity index (χ0) is 10.8. The number of carboxylic acids is 1. The van der Waals surface area contributed by atoms with Crippen LogP contribution in [0, 0.1) is 11.8 Å². The van der Waals surface area contributed by atoms with Crippen LogP contribution in [-0.2, 0) is 9.59 Å². The van der Waals surface area contributed by atoms with Crippen molar-refractivity contribution < 1.29 is 14.7 Å². The van der Waals surface area contributed by atoms with Gasteiger partial charge in [-0.2, -0.15) is 11.8 Å². The van der Waals surface area contributed by atoms with E-state index in [9.17, 15) is 9.59 Å². The number of hydrogen-bond acceptors (Lipinski definition) is 3. The smallest absolute Gasteiger partial charge is 0.326 e. The van der Waals surface area contributed by atoms with Crippen LogP contribution in [0.3, 0.4) is 0 Å². The SMILES string of the molecule is O=C(O)C1CC(C2CCCSC2)C(=O)N1. The Morgan fingerprint density at radius 1 is 1.53 bits per heavy atom. The normalized spacial score (nSPS) is 36.3. The zero-order valence-electron chi connectivity index (χ0n) is 8.44. The van der Waals surface area contributed by atoms with Crippen LogP contribution in [0.25, 0.3) is 0 Å². The number of thioether (sulfide) groups is 1. The molecule has 2 saturated heterocycles. The van der Waals surface area contributed by atoms with Crippen LogP contribution < -0.4 is 5.32 Å². The van der Waals surface area contributed by atoms with Crippen molar-refractivity contribution in [2.24, 2.45) is 11.8 Å². The molecule has 84 valence electrons. The van der Waals surface area contributed by atoms with Crippen molar-refractivity contribution in [1.82, 2.24) is 5.32 Å². The summed E-state index contributed by atoms with van der Waals surface area (Å²) in [4.78, 5) is 22.4. The van der Waals surface area contributed by atoms with Crippen LogP contribution in [0.15, 0.2) is 0 Å². The summed E-state index contributed by atoms with van der Waals surface area (Å²) in [7, 11) is 0. The average molecular weight is 229 g/mol. The van der Waals surface area contributed by atoms with Crippen LogP contribution in [0.5, 0.6) is 0 Å². The second-order valence-electron chi connectivity index (χ2n) is 4.22. The number of carbonyl (C=O) groups is 2. The monoisotopic (exact) mass is 229 g/mol. The maximum atomic E-state index is 11.6. The quantitative estimate of drug-likeness (QED) is 0.732. The van der Waals surface area contributed by atoms with Gasteiger partial charge in [0, 0.05) is 5.92 Å². The highest BCUT2D eigenvalue weighted by Crippen LogP contribution is 2.33. The molecule has 2 aliphatic rings. The zero-order valence-corrected chi connectivity index (χ0v) is 9.26. The third kappa shape index (κ3) is 2.27. The minimum absolute atomic E-state index is 0.0603. The molecule has 0 aromatic heterocycles. The molecule has 0 aliphatic carbocycles. The van der Waals surface area contributed by atoms with Gasteiger partial charge in [-0.05, 0) is 36.7 Å². The number of carboxylic acid groups (broad SMARTS) is 1. The van der Waals surface area contributed by atoms with Crippen molar-refractivity contribution in [2.75, 3.05) is 11.5 Å². The number of amides is 1. The van der Waals surface area contributed by atoms with Crippen molar-refractivity contribution >= 4 is 23.6 Å². The fourth-order valence-corrected chi connectivity index (χ4v) is 3.59. The predicted molar refractivity (Wildman–Crippen MR) is 57.7 cm³/mol. The Hall–Kier alpha value is -0.710. The molecular weight excluding hydrogens is 214 g/mol. The molecule has 2 heterocycles. The highest BCUT2D eigenvalue weighted by molar-refractivity contribution is 7.99. The first-order valence-electron chi connectivity index (χ1n) is 5.29. The third-order valence-corrected chi connectivity index (χ3v) is 4.45. The first kappa shape index (κ1) is 10.8. The number of rotatable bonds is 2. The molecule has 2 aliphatic heterocycles. The van der Waals surface area contributed by atoms with Crippen molar-refractivity contribution in [3.05, 3.63) is 0 Å². The first-order valence-corrected chi connectivity index (χ1v) is 6.45. The van der Waals surface area contributed by atoms with Gasteiger partial charge >= 0.3 is 5.97 Å². The van der Waals surface area contributed by atoms with Gasteiger partial charge in [0.05, 0.1) is 0 Å². The Kier molecular flexibility index (Phi) is 3.19. The Labute approximate surface area is 92.8 Å². The number of hydrogen-bond donors (Lipinski definition) is 2. The van der Waals surface area contributed by atoms with Gasteiger partial charge in [0.15, 0.2) is 0 Å². The van der Waals surface area contributed by atoms with E-state index in [1.807, 2.05) is 11.8 Å². The van der Waals surface area contributed by atoms with Gasteiger partial charge in [-0.1, -0.05) is 0 Å². The molecule has 5 heteroatoms. The molecule has 0 saturated carbocycles. The Morgan fingerprint density at radius 3 is 2.87 bits per heavy atom. The fraction of sp³-hybridized carbons (Fsp3) is 0.800. The summed E-state index contributed by atoms with van der Waals surface area (Å²) in [6.07, 6.45) is 2.69. The molecule has 1 amide bonds. The lowest BCUT2D eigenvalue weighted by atomic mass is 9.87. The van der Waals surface area contributed by atoms with Gasteiger partial charge in [0.25, 0.3) is 0 Å². The summed E-state index contributed by atoms with van der Waals surface area (Å²) in [5, 5.41) is 11.4. The largest absolute Gasteiger partial charge is 0.480 e. The van der Waals surface area contributed by atoms with Gasteiger partial charge in [-0.25, -0.2) is 4.79 Å². The Balaban J connectivity index is 1.97. The van der Waals surface area contributed by atoms with E-state index < -0.39 is 12.0 Å². The Morgan fingerprint density at radius 2 is 2.33 bits per heavy atom. The number of aliphatic carboxylic acids is 1. The average Bonchev–Trinajstić information content (AvgIpc) is 2.62. The van der Waals surface area contributed by atoms with Crippen LogP contribution in [-0.4, -0.2) is 34.5 Å². The van der Waals surface area contributed by atoms with Crippen LogP contribution >= 0.6 is 11.8 Å². The lowest BCUT2D eigenvalue weighted by molar-refractivity contribution is -0.140. The van der Waals surface area contributed by atoms with E-state index in [4.69, 9.17) is 5.11 Å². The van der Waals surface area contributed by atoms with Crippen molar-refractivity contribution in [3.8, 4) is 0 Å². The van der Waals surface area contributed by atoms with E-state index >= 15 is 0 Å². The van der Waals surface area contributed by atoms with E-state index in [0.29, 0.717) is 12.3 Å². The summed E-state index contributed by atoms with van der Waals surface area (Å²) >= 11 is 1.87. The number of carbonyl (C=O) groups excluding carboxylic acids is 1. The van der Waals surface area contributed by atoms with E-state index in [0.717, 1.165) is 18.6 Å². The molecule has 15 heavy (non-hydrogen) atoms. The van der Waals surface area contributed by atoms with Gasteiger partial charge in [-0.15, -0.1) is 0 Å². The molecule has 3 atom stereocenters. The maximum Gasteiger partial charge on any atom is 0.326 e. The molecule has 0 bridgehead atoms. The van der Waals surface area contributed by atoms with Crippen LogP contribution in [0.4, 0.5) is 0 Å². The summed E-state index contributed by atoms with van der Waals surface area (Å²) in [5.41, 5.74) is 0. The highest BCUT2D eigenvalue weighted by Gasteiger charge is 2.40. The molecule has 2 rings (SSSR count). The topological polar surface area (TPSA) is 66.4 Å². The van der Waals surface area contributed by atoms with Crippen molar-refractivity contribution in [3.63, 3.8) is 0 Å². The van der Waals surface area contributed by atoms with E-state index in [1.54, 1.807) is 0 Å². The van der Waals surface area contributed by atoms with E-state index in [-0.39, 0.29) is 11.8 Å². The molecule has 0 radical (unpaired) electrons. The summed E-state index contributed by atoms with van der Waals surface area (Å²) in [6.45, 7) is 0.